The van der Waals surface area contributed by atoms with Crippen LogP contribution in [0, 0.1) is 0 Å². The van der Waals surface area contributed by atoms with Gasteiger partial charge in [-0.15, -0.1) is 0 Å². The van der Waals surface area contributed by atoms with Gasteiger partial charge in [0.25, 0.3) is 9.06 Å². The molecule has 0 rings (SSSR count). The van der Waals surface area contributed by atoms with Crippen molar-refractivity contribution in [3.8, 4) is 0 Å². The van der Waals surface area contributed by atoms with Crippen molar-refractivity contribution in [3.05, 3.63) is 0 Å². The van der Waals surface area contributed by atoms with Gasteiger partial charge in [-0.25, -0.2) is 13.1 Å². The van der Waals surface area contributed by atoms with E-state index in [0.717, 1.165) is 10.8 Å². The van der Waals surface area contributed by atoms with Crippen molar-refractivity contribution < 1.29 is 8.42 Å². The predicted molar refractivity (Wildman–Crippen MR) is 31.5 cm³/mol. The van der Waals surface area contributed by atoms with E-state index in [9.17, 15) is 8.42 Å². The molecule has 7 heavy (non-hydrogen) atoms. The lowest BCUT2D eigenvalue weighted by Crippen LogP contribution is -2.12. The molecule has 1 N–H and O–H groups in total. The fraction of sp³-hybridized carbons (Fsp3) is 1.00. The Morgan fingerprint density at radius 2 is 2.00 bits per heavy atom. The molecule has 0 aliphatic heterocycles. The van der Waals surface area contributed by atoms with Gasteiger partial charge in [-0.1, -0.05) is 0 Å². The minimum atomic E-state index is -2.99. The van der Waals surface area contributed by atoms with Crippen molar-refractivity contribution >= 4 is 19.8 Å². The molecule has 0 aliphatic rings. The molecule has 0 aromatic carbocycles. The van der Waals surface area contributed by atoms with Gasteiger partial charge < -0.3 is 0 Å². The summed E-state index contributed by atoms with van der Waals surface area (Å²) in [6.07, 6.45) is 1.51. The van der Waals surface area contributed by atoms with Crippen molar-refractivity contribution in [2.24, 2.45) is 0 Å². The zero-order chi connectivity index (χ0) is 5.91. The maximum absolute atomic E-state index is 10.2. The van der Waals surface area contributed by atoms with Gasteiger partial charge in [-0.2, -0.15) is 0 Å². The molecule has 0 fully saturated rings. The van der Waals surface area contributed by atoms with Crippen LogP contribution in [-0.4, -0.2) is 21.7 Å². The molecule has 0 unspecified atom stereocenters. The molecule has 0 amide bonds. The summed E-state index contributed by atoms with van der Waals surface area (Å²) in [5.74, 6) is 0. The van der Waals surface area contributed by atoms with Gasteiger partial charge in [0.1, 0.15) is 0 Å². The smallest absolute Gasteiger partial charge is 0.209 e. The predicted octanol–water partition coefficient (Wildman–Crippen LogP) is -0.186. The van der Waals surface area contributed by atoms with Crippen LogP contribution in [0.1, 0.15) is 0 Å². The highest BCUT2D eigenvalue weighted by atomic mass is 33.1. The molecule has 5 heteroatoms. The van der Waals surface area contributed by atoms with Gasteiger partial charge in [-0.3, -0.25) is 0 Å². The fourth-order valence-electron chi connectivity index (χ4n) is 0.0833. The topological polar surface area (TPSA) is 46.2 Å². The van der Waals surface area contributed by atoms with Gasteiger partial charge in [0, 0.05) is 0 Å². The van der Waals surface area contributed by atoms with Gasteiger partial charge in [0.15, 0.2) is 0 Å². The molecule has 0 heterocycles. The summed E-state index contributed by atoms with van der Waals surface area (Å²) in [6.45, 7) is 0. The molecule has 44 valence electrons. The van der Waals surface area contributed by atoms with Crippen molar-refractivity contribution in [1.82, 2.24) is 4.72 Å². The standard InChI is InChI=1S/C2H7NO2S2/c1-3-7(4,5)6-2/h3H,1-2H3. The second-order valence-electron chi connectivity index (χ2n) is 0.825. The van der Waals surface area contributed by atoms with Gasteiger partial charge in [-0.05, 0) is 24.1 Å². The molecule has 0 atom stereocenters. The van der Waals surface area contributed by atoms with E-state index < -0.39 is 9.06 Å². The highest BCUT2D eigenvalue weighted by Gasteiger charge is 1.98. The summed E-state index contributed by atoms with van der Waals surface area (Å²) in [7, 11) is -0.822. The number of rotatable bonds is 2. The van der Waals surface area contributed by atoms with Crippen molar-refractivity contribution in [1.29, 1.82) is 0 Å². The Labute approximate surface area is 46.9 Å². The number of hydrogen-bond donors (Lipinski definition) is 1. The van der Waals surface area contributed by atoms with E-state index in [0.29, 0.717) is 0 Å². The number of nitrogens with one attached hydrogen (secondary N) is 1. The SMILES string of the molecule is CNS(=O)(=O)SC. The van der Waals surface area contributed by atoms with E-state index in [1.807, 2.05) is 0 Å². The molecule has 0 aliphatic carbocycles. The van der Waals surface area contributed by atoms with Gasteiger partial charge >= 0.3 is 0 Å². The van der Waals surface area contributed by atoms with Gasteiger partial charge in [0.2, 0.25) is 0 Å². The highest BCUT2D eigenvalue weighted by Crippen LogP contribution is 2.00. The normalized spacial score (nSPS) is 11.7. The maximum Gasteiger partial charge on any atom is 0.264 e. The lowest BCUT2D eigenvalue weighted by Gasteiger charge is -1.91. The highest BCUT2D eigenvalue weighted by molar-refractivity contribution is 8.71. The van der Waals surface area contributed by atoms with Crippen molar-refractivity contribution in [2.75, 3.05) is 13.3 Å². The first-order valence-corrected chi connectivity index (χ1v) is 4.84. The van der Waals surface area contributed by atoms with Crippen LogP contribution >= 0.6 is 10.8 Å². The molecule has 0 aromatic rings. The Bertz CT molecular complexity index is 117. The average molecular weight is 141 g/mol. The van der Waals surface area contributed by atoms with E-state index in [2.05, 4.69) is 4.72 Å². The Hall–Kier alpha value is 0.260. The molecule has 0 saturated heterocycles. The lowest BCUT2D eigenvalue weighted by molar-refractivity contribution is 0.603. The van der Waals surface area contributed by atoms with Crippen molar-refractivity contribution in [3.63, 3.8) is 0 Å². The Morgan fingerprint density at radius 1 is 1.57 bits per heavy atom. The van der Waals surface area contributed by atoms with Gasteiger partial charge in [0.05, 0.1) is 0 Å². The summed E-state index contributed by atoms with van der Waals surface area (Å²) in [5.41, 5.74) is 0. The summed E-state index contributed by atoms with van der Waals surface area (Å²) < 4.78 is 22.6. The van der Waals surface area contributed by atoms with Crippen LogP contribution in [0.2, 0.25) is 0 Å². The quantitative estimate of drug-likeness (QED) is 0.542. The largest absolute Gasteiger partial charge is 0.264 e. The third-order valence-corrected chi connectivity index (χ3v) is 3.22. The molecular weight excluding hydrogens is 134 g/mol. The van der Waals surface area contributed by atoms with Crippen LogP contribution in [0.5, 0.6) is 0 Å². The molecular formula is C2H7NO2S2. The number of hydrogen-bond acceptors (Lipinski definition) is 3. The van der Waals surface area contributed by atoms with Crippen molar-refractivity contribution in [2.45, 2.75) is 0 Å². The third-order valence-electron chi connectivity index (χ3n) is 0.469. The van der Waals surface area contributed by atoms with E-state index in [4.69, 9.17) is 0 Å². The van der Waals surface area contributed by atoms with Crippen LogP contribution in [0.25, 0.3) is 0 Å². The van der Waals surface area contributed by atoms with Crippen LogP contribution in [0.4, 0.5) is 0 Å². The molecule has 0 aromatic heterocycles. The molecule has 3 nitrogen and oxygen atoms in total. The van der Waals surface area contributed by atoms with Crippen LogP contribution in [0.15, 0.2) is 0 Å². The zero-order valence-electron chi connectivity index (χ0n) is 4.13. The Kier molecular flexibility index (Phi) is 2.63. The minimum Gasteiger partial charge on any atom is -0.209 e. The fourth-order valence-corrected chi connectivity index (χ4v) is 0.750. The summed E-state index contributed by atoms with van der Waals surface area (Å²) >= 11 is 0. The minimum absolute atomic E-state index is 0.788. The second-order valence-corrected chi connectivity index (χ2v) is 4.79. The summed E-state index contributed by atoms with van der Waals surface area (Å²) in [6, 6.07) is 0. The second kappa shape index (κ2) is 2.54. The Morgan fingerprint density at radius 3 is 2.00 bits per heavy atom. The summed E-state index contributed by atoms with van der Waals surface area (Å²) in [5, 5.41) is 0. The van der Waals surface area contributed by atoms with E-state index in [1.165, 1.54) is 13.3 Å². The zero-order valence-corrected chi connectivity index (χ0v) is 5.77. The van der Waals surface area contributed by atoms with E-state index >= 15 is 0 Å². The molecule has 0 spiro atoms. The van der Waals surface area contributed by atoms with E-state index in [1.54, 1.807) is 0 Å². The summed E-state index contributed by atoms with van der Waals surface area (Å²) in [4.78, 5) is 0. The van der Waals surface area contributed by atoms with Crippen LogP contribution < -0.4 is 4.72 Å². The van der Waals surface area contributed by atoms with E-state index in [-0.39, 0.29) is 0 Å². The van der Waals surface area contributed by atoms with Crippen LogP contribution in [0.3, 0.4) is 0 Å². The first-order valence-electron chi connectivity index (χ1n) is 1.61. The average Bonchev–Trinajstić information content (AvgIpc) is 1.68. The molecule has 0 saturated carbocycles. The maximum atomic E-state index is 10.2. The lowest BCUT2D eigenvalue weighted by atomic mass is 11.6. The first kappa shape index (κ1) is 7.26. The molecule has 0 radical (unpaired) electrons. The molecule has 0 bridgehead atoms. The monoisotopic (exact) mass is 141 g/mol. The first-order chi connectivity index (χ1) is 3.12. The Balaban J connectivity index is 3.89. The third kappa shape index (κ3) is 2.90. The van der Waals surface area contributed by atoms with Crippen LogP contribution in [-0.2, 0) is 9.06 Å².